The monoisotopic (exact) mass is 232 g/mol. The van der Waals surface area contributed by atoms with Crippen LogP contribution in [-0.2, 0) is 13.0 Å². The summed E-state index contributed by atoms with van der Waals surface area (Å²) in [5, 5.41) is 9.12. The van der Waals surface area contributed by atoms with E-state index in [2.05, 4.69) is 19.9 Å². The highest BCUT2D eigenvalue weighted by Gasteiger charge is 2.16. The lowest BCUT2D eigenvalue weighted by atomic mass is 10.1. The van der Waals surface area contributed by atoms with E-state index in [1.807, 2.05) is 4.57 Å². The summed E-state index contributed by atoms with van der Waals surface area (Å²) in [4.78, 5) is 11.6. The molecule has 1 heterocycles. The molecule has 0 N–H and O–H groups in total. The SMILES string of the molecule is CCCCn1c(C(C)=O)cc(C#N)c1CCC. The van der Waals surface area contributed by atoms with Gasteiger partial charge in [0.25, 0.3) is 0 Å². The third kappa shape index (κ3) is 2.97. The third-order valence-electron chi connectivity index (χ3n) is 2.91. The fraction of sp³-hybridized carbons (Fsp3) is 0.571. The van der Waals surface area contributed by atoms with Gasteiger partial charge in [-0.2, -0.15) is 5.26 Å². The molecule has 0 atom stereocenters. The molecule has 0 aliphatic rings. The molecule has 92 valence electrons. The summed E-state index contributed by atoms with van der Waals surface area (Å²) >= 11 is 0. The number of carbonyl (C=O) groups excluding carboxylic acids is 1. The fourth-order valence-electron chi connectivity index (χ4n) is 2.06. The Labute approximate surface area is 103 Å². The molecule has 0 aromatic carbocycles. The van der Waals surface area contributed by atoms with E-state index in [9.17, 15) is 4.79 Å². The quantitative estimate of drug-likeness (QED) is 0.706. The van der Waals surface area contributed by atoms with Crippen molar-refractivity contribution < 1.29 is 4.79 Å². The zero-order valence-corrected chi connectivity index (χ0v) is 10.9. The van der Waals surface area contributed by atoms with Gasteiger partial charge in [0.2, 0.25) is 0 Å². The second-order valence-electron chi connectivity index (χ2n) is 4.31. The van der Waals surface area contributed by atoms with Gasteiger partial charge in [-0.3, -0.25) is 4.79 Å². The highest BCUT2D eigenvalue weighted by Crippen LogP contribution is 2.19. The number of ketones is 1. The Bertz CT molecular complexity index is 438. The minimum absolute atomic E-state index is 0.0416. The first-order valence-electron chi connectivity index (χ1n) is 6.29. The van der Waals surface area contributed by atoms with E-state index in [1.54, 1.807) is 13.0 Å². The van der Waals surface area contributed by atoms with Crippen LogP contribution in [0.2, 0.25) is 0 Å². The summed E-state index contributed by atoms with van der Waals surface area (Å²) in [5.41, 5.74) is 2.36. The third-order valence-corrected chi connectivity index (χ3v) is 2.91. The van der Waals surface area contributed by atoms with Crippen LogP contribution in [0, 0.1) is 11.3 Å². The van der Waals surface area contributed by atoms with Gasteiger partial charge in [-0.1, -0.05) is 26.7 Å². The fourth-order valence-corrected chi connectivity index (χ4v) is 2.06. The highest BCUT2D eigenvalue weighted by molar-refractivity contribution is 5.93. The van der Waals surface area contributed by atoms with Gasteiger partial charge >= 0.3 is 0 Å². The minimum atomic E-state index is 0.0416. The molecule has 1 aromatic heterocycles. The molecule has 0 unspecified atom stereocenters. The van der Waals surface area contributed by atoms with Crippen LogP contribution in [0.15, 0.2) is 6.07 Å². The maximum Gasteiger partial charge on any atom is 0.176 e. The number of unbranched alkanes of at least 4 members (excludes halogenated alkanes) is 1. The van der Waals surface area contributed by atoms with Gasteiger partial charge in [0.05, 0.1) is 11.3 Å². The van der Waals surface area contributed by atoms with Crippen molar-refractivity contribution in [1.82, 2.24) is 4.57 Å². The first-order chi connectivity index (χ1) is 8.15. The number of rotatable bonds is 6. The predicted octanol–water partition coefficient (Wildman–Crippen LogP) is 3.31. The van der Waals surface area contributed by atoms with Crippen molar-refractivity contribution in [2.75, 3.05) is 0 Å². The molecule has 0 spiro atoms. The molecule has 0 aliphatic carbocycles. The maximum atomic E-state index is 11.6. The lowest BCUT2D eigenvalue weighted by Gasteiger charge is -2.11. The molecule has 0 saturated heterocycles. The van der Waals surface area contributed by atoms with Gasteiger partial charge in [0, 0.05) is 19.2 Å². The summed E-state index contributed by atoms with van der Waals surface area (Å²) in [6, 6.07) is 3.94. The number of nitriles is 1. The Hall–Kier alpha value is -1.56. The number of hydrogen-bond acceptors (Lipinski definition) is 2. The van der Waals surface area contributed by atoms with Gasteiger partial charge in [0.15, 0.2) is 5.78 Å². The van der Waals surface area contributed by atoms with Crippen molar-refractivity contribution in [3.05, 3.63) is 23.0 Å². The summed E-state index contributed by atoms with van der Waals surface area (Å²) in [5.74, 6) is 0.0416. The average Bonchev–Trinajstić information content (AvgIpc) is 2.65. The molecule has 1 aromatic rings. The first kappa shape index (κ1) is 13.5. The van der Waals surface area contributed by atoms with Crippen molar-refractivity contribution in [3.8, 4) is 6.07 Å². The van der Waals surface area contributed by atoms with Crippen molar-refractivity contribution >= 4 is 5.78 Å². The molecule has 0 radical (unpaired) electrons. The molecule has 0 saturated carbocycles. The summed E-state index contributed by atoms with van der Waals surface area (Å²) in [7, 11) is 0. The van der Waals surface area contributed by atoms with Crippen LogP contribution >= 0.6 is 0 Å². The van der Waals surface area contributed by atoms with Crippen LogP contribution in [0.3, 0.4) is 0 Å². The number of nitrogens with zero attached hydrogens (tertiary/aromatic N) is 2. The second-order valence-corrected chi connectivity index (χ2v) is 4.31. The van der Waals surface area contributed by atoms with Gasteiger partial charge in [-0.25, -0.2) is 0 Å². The normalized spacial score (nSPS) is 10.2. The average molecular weight is 232 g/mol. The lowest BCUT2D eigenvalue weighted by Crippen LogP contribution is -2.10. The van der Waals surface area contributed by atoms with E-state index in [-0.39, 0.29) is 5.78 Å². The van der Waals surface area contributed by atoms with Crippen molar-refractivity contribution in [2.45, 2.75) is 53.0 Å². The molecule has 0 amide bonds. The molecular weight excluding hydrogens is 212 g/mol. The maximum absolute atomic E-state index is 11.6. The van der Waals surface area contributed by atoms with Gasteiger partial charge in [-0.05, 0) is 18.9 Å². The minimum Gasteiger partial charge on any atom is -0.341 e. The Balaban J connectivity index is 3.22. The van der Waals surface area contributed by atoms with Crippen molar-refractivity contribution in [1.29, 1.82) is 5.26 Å². The van der Waals surface area contributed by atoms with Crippen molar-refractivity contribution in [3.63, 3.8) is 0 Å². The van der Waals surface area contributed by atoms with E-state index in [1.165, 1.54) is 0 Å². The molecule has 17 heavy (non-hydrogen) atoms. The van der Waals surface area contributed by atoms with Crippen molar-refractivity contribution in [2.24, 2.45) is 0 Å². The lowest BCUT2D eigenvalue weighted by molar-refractivity contribution is 0.100. The predicted molar refractivity (Wildman–Crippen MR) is 68.1 cm³/mol. The zero-order chi connectivity index (χ0) is 12.8. The number of hydrogen-bond donors (Lipinski definition) is 0. The van der Waals surface area contributed by atoms with E-state index in [0.29, 0.717) is 11.3 Å². The number of carbonyl (C=O) groups is 1. The molecule has 0 bridgehead atoms. The highest BCUT2D eigenvalue weighted by atomic mass is 16.1. The van der Waals surface area contributed by atoms with E-state index < -0.39 is 0 Å². The first-order valence-corrected chi connectivity index (χ1v) is 6.29. The topological polar surface area (TPSA) is 45.8 Å². The van der Waals surface area contributed by atoms with E-state index >= 15 is 0 Å². The zero-order valence-electron chi connectivity index (χ0n) is 10.9. The molecule has 3 nitrogen and oxygen atoms in total. The molecular formula is C14H20N2O. The summed E-state index contributed by atoms with van der Waals surface area (Å²) < 4.78 is 2.04. The smallest absolute Gasteiger partial charge is 0.176 e. The Morgan fingerprint density at radius 2 is 2.12 bits per heavy atom. The van der Waals surface area contributed by atoms with Crippen LogP contribution < -0.4 is 0 Å². The molecule has 0 fully saturated rings. The molecule has 0 aliphatic heterocycles. The summed E-state index contributed by atoms with van der Waals surface area (Å²) in [6.07, 6.45) is 3.97. The Morgan fingerprint density at radius 1 is 1.41 bits per heavy atom. The Kier molecular flexibility index (Phi) is 4.96. The van der Waals surface area contributed by atoms with Crippen LogP contribution in [0.1, 0.15) is 61.8 Å². The molecule has 3 heteroatoms. The number of aromatic nitrogens is 1. The standard InChI is InChI=1S/C14H20N2O/c1-4-6-8-16-13(7-5-2)12(10-15)9-14(16)11(3)17/h9H,4-8H2,1-3H3. The van der Waals surface area contributed by atoms with E-state index in [0.717, 1.165) is 37.9 Å². The molecule has 1 rings (SSSR count). The van der Waals surface area contributed by atoms with Crippen LogP contribution in [-0.4, -0.2) is 10.4 Å². The van der Waals surface area contributed by atoms with Gasteiger partial charge in [0.1, 0.15) is 6.07 Å². The van der Waals surface area contributed by atoms with Crippen LogP contribution in [0.5, 0.6) is 0 Å². The largest absolute Gasteiger partial charge is 0.341 e. The number of Topliss-reactive ketones (excluding diaryl/α,β-unsaturated/α-hetero) is 1. The van der Waals surface area contributed by atoms with Crippen LogP contribution in [0.25, 0.3) is 0 Å². The van der Waals surface area contributed by atoms with E-state index in [4.69, 9.17) is 5.26 Å². The second kappa shape index (κ2) is 6.24. The Morgan fingerprint density at radius 3 is 2.59 bits per heavy atom. The van der Waals surface area contributed by atoms with Crippen LogP contribution in [0.4, 0.5) is 0 Å². The van der Waals surface area contributed by atoms with Gasteiger partial charge in [-0.15, -0.1) is 0 Å². The van der Waals surface area contributed by atoms with Gasteiger partial charge < -0.3 is 4.57 Å². The summed E-state index contributed by atoms with van der Waals surface area (Å²) in [6.45, 7) is 6.62.